The number of hydrogen-bond acceptors (Lipinski definition) is 5. The second kappa shape index (κ2) is 9.57. The van der Waals surface area contributed by atoms with Gasteiger partial charge in [-0.25, -0.2) is 27.5 Å². The molecular weight excluding hydrogens is 471 g/mol. The van der Waals surface area contributed by atoms with Gasteiger partial charge in [-0.1, -0.05) is 24.3 Å². The van der Waals surface area contributed by atoms with Crippen molar-refractivity contribution < 1.29 is 17.9 Å². The van der Waals surface area contributed by atoms with Crippen molar-refractivity contribution >= 4 is 17.1 Å². The molecule has 2 heterocycles. The van der Waals surface area contributed by atoms with Crippen molar-refractivity contribution in [1.82, 2.24) is 19.1 Å². The molecule has 10 heteroatoms. The Kier molecular flexibility index (Phi) is 6.16. The van der Waals surface area contributed by atoms with Crippen molar-refractivity contribution in [3.05, 3.63) is 112 Å². The molecule has 0 saturated carbocycles. The lowest BCUT2D eigenvalue weighted by Crippen LogP contribution is -2.24. The molecule has 0 aliphatic heterocycles. The Morgan fingerprint density at radius 1 is 0.972 bits per heavy atom. The van der Waals surface area contributed by atoms with Crippen LogP contribution in [0.4, 0.5) is 19.1 Å². The molecule has 0 unspecified atom stereocenters. The summed E-state index contributed by atoms with van der Waals surface area (Å²) in [5.74, 6) is -1.13. The van der Waals surface area contributed by atoms with Gasteiger partial charge in [0.05, 0.1) is 25.5 Å². The van der Waals surface area contributed by atoms with Gasteiger partial charge in [0, 0.05) is 18.2 Å². The summed E-state index contributed by atoms with van der Waals surface area (Å²) in [6, 6.07) is 16.3. The van der Waals surface area contributed by atoms with Crippen LogP contribution in [0.2, 0.25) is 0 Å². The smallest absolute Gasteiger partial charge is 0.335 e. The molecule has 2 aromatic heterocycles. The maximum Gasteiger partial charge on any atom is 0.335 e. The van der Waals surface area contributed by atoms with Crippen LogP contribution in [-0.2, 0) is 13.1 Å². The molecule has 0 saturated heterocycles. The summed E-state index contributed by atoms with van der Waals surface area (Å²) in [7, 11) is 1.51. The van der Waals surface area contributed by atoms with Crippen molar-refractivity contribution in [2.24, 2.45) is 0 Å². The number of nitrogens with zero attached hydrogens (tertiary/aromatic N) is 4. The Morgan fingerprint density at radius 2 is 1.69 bits per heavy atom. The number of hydrogen-bond donors (Lipinski definition) is 1. The Bertz CT molecular complexity index is 1590. The van der Waals surface area contributed by atoms with Gasteiger partial charge < -0.3 is 10.1 Å². The summed E-state index contributed by atoms with van der Waals surface area (Å²) >= 11 is 0. The number of anilines is 1. The predicted octanol–water partition coefficient (Wildman–Crippen LogP) is 4.67. The molecule has 0 aliphatic carbocycles. The van der Waals surface area contributed by atoms with Gasteiger partial charge in [-0.2, -0.15) is 4.98 Å². The summed E-state index contributed by atoms with van der Waals surface area (Å²) in [4.78, 5) is 22.4. The van der Waals surface area contributed by atoms with Crippen LogP contribution in [0.1, 0.15) is 11.1 Å². The minimum atomic E-state index is -0.761. The quantitative estimate of drug-likeness (QED) is 0.358. The Labute approximate surface area is 203 Å². The first kappa shape index (κ1) is 23.2. The zero-order chi connectivity index (χ0) is 25.2. The number of rotatable bonds is 7. The monoisotopic (exact) mass is 491 g/mol. The highest BCUT2D eigenvalue weighted by Crippen LogP contribution is 2.22. The van der Waals surface area contributed by atoms with Gasteiger partial charge >= 0.3 is 5.69 Å². The highest BCUT2D eigenvalue weighted by Gasteiger charge is 2.20. The van der Waals surface area contributed by atoms with Crippen molar-refractivity contribution in [3.63, 3.8) is 0 Å². The second-order valence-corrected chi connectivity index (χ2v) is 7.99. The molecular formula is C26H20F3N5O2. The molecule has 0 fully saturated rings. The summed E-state index contributed by atoms with van der Waals surface area (Å²) in [6.07, 6.45) is 1.42. The van der Waals surface area contributed by atoms with E-state index in [1.165, 1.54) is 40.6 Å². The highest BCUT2D eigenvalue weighted by atomic mass is 19.1. The van der Waals surface area contributed by atoms with E-state index in [0.717, 1.165) is 17.7 Å². The summed E-state index contributed by atoms with van der Waals surface area (Å²) in [6.45, 7) is -0.0349. The van der Waals surface area contributed by atoms with E-state index in [0.29, 0.717) is 18.0 Å². The van der Waals surface area contributed by atoms with Crippen molar-refractivity contribution in [1.29, 1.82) is 0 Å². The van der Waals surface area contributed by atoms with Gasteiger partial charge in [0.15, 0.2) is 5.65 Å². The van der Waals surface area contributed by atoms with Gasteiger partial charge in [0.1, 0.15) is 28.7 Å². The van der Waals surface area contributed by atoms with E-state index < -0.39 is 17.3 Å². The van der Waals surface area contributed by atoms with Crippen LogP contribution in [0.5, 0.6) is 5.75 Å². The number of ether oxygens (including phenoxy) is 1. The molecule has 0 aliphatic rings. The summed E-state index contributed by atoms with van der Waals surface area (Å²) < 4.78 is 49.8. The third-order valence-electron chi connectivity index (χ3n) is 5.73. The number of fused-ring (bicyclic) bond motifs is 1. The first-order chi connectivity index (χ1) is 17.4. The molecule has 5 aromatic rings. The number of nitrogens with one attached hydrogen (secondary N) is 1. The fourth-order valence-electron chi connectivity index (χ4n) is 3.88. The van der Waals surface area contributed by atoms with E-state index in [9.17, 15) is 18.0 Å². The number of imidazole rings is 1. The van der Waals surface area contributed by atoms with Crippen LogP contribution in [0.15, 0.2) is 77.7 Å². The molecule has 182 valence electrons. The maximum absolute atomic E-state index is 14.4. The van der Waals surface area contributed by atoms with E-state index in [1.54, 1.807) is 36.4 Å². The van der Waals surface area contributed by atoms with Crippen molar-refractivity contribution in [3.8, 4) is 11.4 Å². The zero-order valence-corrected chi connectivity index (χ0v) is 19.1. The van der Waals surface area contributed by atoms with Crippen LogP contribution in [0.3, 0.4) is 0 Å². The molecule has 1 N–H and O–H groups in total. The topological polar surface area (TPSA) is 74.0 Å². The number of benzene rings is 3. The number of aromatic nitrogens is 4. The molecule has 3 aromatic carbocycles. The van der Waals surface area contributed by atoms with Gasteiger partial charge in [0.2, 0.25) is 5.95 Å². The standard InChI is InChI=1S/C26H20F3N5O2/c1-36-19-5-2-4-18(12-19)34-24-23(33(26(34)35)15-20-21(28)6-3-7-22(20)29)14-31-25(32-24)30-13-16-8-10-17(27)11-9-16/h2-12,14H,13,15H2,1H3,(H,30,31,32). The summed E-state index contributed by atoms with van der Waals surface area (Å²) in [5, 5.41) is 3.06. The van der Waals surface area contributed by atoms with Crippen LogP contribution < -0.4 is 15.7 Å². The van der Waals surface area contributed by atoms with Gasteiger partial charge in [-0.3, -0.25) is 4.57 Å². The molecule has 36 heavy (non-hydrogen) atoms. The van der Waals surface area contributed by atoms with E-state index in [2.05, 4.69) is 15.3 Å². The minimum Gasteiger partial charge on any atom is -0.497 e. The Morgan fingerprint density at radius 3 is 2.42 bits per heavy atom. The molecule has 0 spiro atoms. The SMILES string of the molecule is COc1cccc(-n2c(=O)n(Cc3c(F)cccc3F)c3cnc(NCc4ccc(F)cc4)nc32)c1. The van der Waals surface area contributed by atoms with E-state index in [1.807, 2.05) is 0 Å². The zero-order valence-electron chi connectivity index (χ0n) is 19.1. The van der Waals surface area contributed by atoms with Crippen LogP contribution >= 0.6 is 0 Å². The van der Waals surface area contributed by atoms with Gasteiger partial charge in [-0.15, -0.1) is 0 Å². The average molecular weight is 491 g/mol. The first-order valence-electron chi connectivity index (χ1n) is 11.0. The lowest BCUT2D eigenvalue weighted by Gasteiger charge is -2.07. The number of halogens is 3. The molecule has 7 nitrogen and oxygen atoms in total. The first-order valence-corrected chi connectivity index (χ1v) is 11.0. The second-order valence-electron chi connectivity index (χ2n) is 7.99. The van der Waals surface area contributed by atoms with Crippen molar-refractivity contribution in [2.75, 3.05) is 12.4 Å². The van der Waals surface area contributed by atoms with Crippen LogP contribution in [0.25, 0.3) is 16.9 Å². The largest absolute Gasteiger partial charge is 0.497 e. The molecule has 0 radical (unpaired) electrons. The average Bonchev–Trinajstić information content (AvgIpc) is 3.16. The Hall–Kier alpha value is -4.60. The maximum atomic E-state index is 14.4. The Balaban J connectivity index is 1.62. The predicted molar refractivity (Wildman–Crippen MR) is 129 cm³/mol. The third-order valence-corrected chi connectivity index (χ3v) is 5.73. The van der Waals surface area contributed by atoms with E-state index in [4.69, 9.17) is 4.74 Å². The van der Waals surface area contributed by atoms with Gasteiger partial charge in [0.25, 0.3) is 0 Å². The molecule has 0 amide bonds. The molecule has 0 bridgehead atoms. The van der Waals surface area contributed by atoms with Crippen molar-refractivity contribution in [2.45, 2.75) is 13.1 Å². The molecule has 0 atom stereocenters. The minimum absolute atomic E-state index is 0.220. The lowest BCUT2D eigenvalue weighted by molar-refractivity contribution is 0.414. The fourth-order valence-corrected chi connectivity index (χ4v) is 3.88. The van der Waals surface area contributed by atoms with E-state index >= 15 is 0 Å². The lowest BCUT2D eigenvalue weighted by atomic mass is 10.2. The third kappa shape index (κ3) is 4.40. The normalized spacial score (nSPS) is 11.1. The van der Waals surface area contributed by atoms with Crippen LogP contribution in [0, 0.1) is 17.5 Å². The molecule has 5 rings (SSSR count). The van der Waals surface area contributed by atoms with Crippen LogP contribution in [-0.4, -0.2) is 26.2 Å². The fraction of sp³-hybridized carbons (Fsp3) is 0.115. The van der Waals surface area contributed by atoms with E-state index in [-0.39, 0.29) is 35.0 Å². The van der Waals surface area contributed by atoms with Gasteiger partial charge in [-0.05, 0) is 42.0 Å². The number of methoxy groups -OCH3 is 1. The highest BCUT2D eigenvalue weighted by molar-refractivity contribution is 5.74. The summed E-state index contributed by atoms with van der Waals surface area (Å²) in [5.41, 5.74) is 0.992.